The Bertz CT molecular complexity index is 122. The highest BCUT2D eigenvalue weighted by atomic mass is 19.1. The quantitative estimate of drug-likeness (QED) is 0.586. The van der Waals surface area contributed by atoms with Crippen molar-refractivity contribution in [3.63, 3.8) is 0 Å². The van der Waals surface area contributed by atoms with E-state index < -0.39 is 6.17 Å². The zero-order valence-electron chi connectivity index (χ0n) is 6.15. The van der Waals surface area contributed by atoms with Crippen LogP contribution in [0.4, 0.5) is 4.39 Å². The molecule has 10 heavy (non-hydrogen) atoms. The Labute approximate surface area is 61.0 Å². The third-order valence-corrected chi connectivity index (χ3v) is 2.56. The van der Waals surface area contributed by atoms with Crippen molar-refractivity contribution in [2.75, 3.05) is 6.54 Å². The largest absolute Gasteiger partial charge is 0.313 e. The van der Waals surface area contributed by atoms with Gasteiger partial charge in [-0.1, -0.05) is 0 Å². The van der Waals surface area contributed by atoms with Crippen LogP contribution in [0.3, 0.4) is 0 Å². The molecule has 1 aliphatic carbocycles. The predicted molar refractivity (Wildman–Crippen MR) is 38.6 cm³/mol. The van der Waals surface area contributed by atoms with E-state index in [9.17, 15) is 4.39 Å². The fourth-order valence-corrected chi connectivity index (χ4v) is 1.76. The minimum Gasteiger partial charge on any atom is -0.313 e. The van der Waals surface area contributed by atoms with Crippen molar-refractivity contribution < 1.29 is 4.39 Å². The van der Waals surface area contributed by atoms with Crippen LogP contribution < -0.4 is 5.32 Å². The number of nitrogens with one attached hydrogen (secondary N) is 1. The Morgan fingerprint density at radius 1 is 1.20 bits per heavy atom. The van der Waals surface area contributed by atoms with E-state index in [1.165, 1.54) is 12.8 Å². The Kier molecular flexibility index (Phi) is 1.65. The molecule has 58 valence electrons. The summed E-state index contributed by atoms with van der Waals surface area (Å²) in [6.45, 7) is 0.891. The highest BCUT2D eigenvalue weighted by Crippen LogP contribution is 2.36. The summed E-state index contributed by atoms with van der Waals surface area (Å²) in [6, 6.07) is 0.517. The van der Waals surface area contributed by atoms with Gasteiger partial charge < -0.3 is 5.32 Å². The van der Waals surface area contributed by atoms with E-state index in [-0.39, 0.29) is 0 Å². The summed E-state index contributed by atoms with van der Waals surface area (Å²) in [4.78, 5) is 0. The van der Waals surface area contributed by atoms with Gasteiger partial charge in [0.05, 0.1) is 0 Å². The van der Waals surface area contributed by atoms with Crippen molar-refractivity contribution in [2.24, 2.45) is 5.92 Å². The standard InChI is InChI=1S/C8H14FN/c9-7-3-4-10-8(5-7)6-1-2-6/h6-8,10H,1-5H2. The van der Waals surface area contributed by atoms with Gasteiger partial charge in [0.1, 0.15) is 6.17 Å². The van der Waals surface area contributed by atoms with Crippen molar-refractivity contribution in [2.45, 2.75) is 37.9 Å². The summed E-state index contributed by atoms with van der Waals surface area (Å²) in [6.07, 6.45) is 3.62. The monoisotopic (exact) mass is 143 g/mol. The third kappa shape index (κ3) is 1.31. The first-order chi connectivity index (χ1) is 4.86. The number of hydrogen-bond acceptors (Lipinski definition) is 1. The van der Waals surface area contributed by atoms with Crippen LogP contribution in [0, 0.1) is 5.92 Å². The first-order valence-corrected chi connectivity index (χ1v) is 4.24. The minimum absolute atomic E-state index is 0.517. The van der Waals surface area contributed by atoms with E-state index >= 15 is 0 Å². The van der Waals surface area contributed by atoms with E-state index in [1.807, 2.05) is 0 Å². The van der Waals surface area contributed by atoms with Gasteiger partial charge >= 0.3 is 0 Å². The minimum atomic E-state index is -0.521. The average Bonchev–Trinajstić information content (AvgIpc) is 2.68. The van der Waals surface area contributed by atoms with Crippen LogP contribution in [0.15, 0.2) is 0 Å². The lowest BCUT2D eigenvalue weighted by molar-refractivity contribution is 0.211. The van der Waals surface area contributed by atoms with E-state index in [0.29, 0.717) is 6.04 Å². The fraction of sp³-hybridized carbons (Fsp3) is 1.00. The van der Waals surface area contributed by atoms with E-state index in [2.05, 4.69) is 5.32 Å². The Morgan fingerprint density at radius 3 is 2.60 bits per heavy atom. The zero-order chi connectivity index (χ0) is 6.97. The van der Waals surface area contributed by atoms with E-state index in [4.69, 9.17) is 0 Å². The second-order valence-corrected chi connectivity index (χ2v) is 3.52. The molecular weight excluding hydrogens is 129 g/mol. The molecule has 2 aliphatic rings. The molecule has 1 heterocycles. The van der Waals surface area contributed by atoms with Gasteiger partial charge in [-0.3, -0.25) is 0 Å². The van der Waals surface area contributed by atoms with Crippen LogP contribution in [0.25, 0.3) is 0 Å². The SMILES string of the molecule is FC1CCNC(C2CC2)C1. The van der Waals surface area contributed by atoms with Crippen molar-refractivity contribution >= 4 is 0 Å². The molecule has 2 rings (SSSR count). The molecule has 1 nitrogen and oxygen atoms in total. The first-order valence-electron chi connectivity index (χ1n) is 4.24. The molecule has 1 saturated carbocycles. The Hall–Kier alpha value is -0.110. The van der Waals surface area contributed by atoms with Gasteiger partial charge in [-0.25, -0.2) is 4.39 Å². The molecule has 0 amide bonds. The summed E-state index contributed by atoms with van der Waals surface area (Å²) in [5.74, 6) is 0.818. The Balaban J connectivity index is 1.84. The molecule has 1 aliphatic heterocycles. The molecule has 2 atom stereocenters. The normalized spacial score (nSPS) is 41.7. The average molecular weight is 143 g/mol. The molecule has 0 radical (unpaired) electrons. The molecule has 0 spiro atoms. The second-order valence-electron chi connectivity index (χ2n) is 3.52. The summed E-state index contributed by atoms with van der Waals surface area (Å²) < 4.78 is 12.8. The predicted octanol–water partition coefficient (Wildman–Crippen LogP) is 1.49. The second kappa shape index (κ2) is 2.50. The molecule has 2 unspecified atom stereocenters. The van der Waals surface area contributed by atoms with Gasteiger partial charge in [0.25, 0.3) is 0 Å². The number of hydrogen-bond donors (Lipinski definition) is 1. The molecule has 1 N–H and O–H groups in total. The molecule has 2 heteroatoms. The lowest BCUT2D eigenvalue weighted by Crippen LogP contribution is -2.40. The summed E-state index contributed by atoms with van der Waals surface area (Å²) in [7, 11) is 0. The van der Waals surface area contributed by atoms with Gasteiger partial charge in [-0.05, 0) is 38.1 Å². The first kappa shape index (κ1) is 6.59. The van der Waals surface area contributed by atoms with Crippen molar-refractivity contribution in [3.8, 4) is 0 Å². The summed E-state index contributed by atoms with van der Waals surface area (Å²) in [5, 5.41) is 3.37. The Morgan fingerprint density at radius 2 is 2.00 bits per heavy atom. The van der Waals surface area contributed by atoms with Crippen LogP contribution in [0.1, 0.15) is 25.7 Å². The highest BCUT2D eigenvalue weighted by molar-refractivity contribution is 4.90. The smallest absolute Gasteiger partial charge is 0.103 e. The molecule has 1 saturated heterocycles. The molecule has 0 aromatic rings. The molecule has 0 aromatic heterocycles. The topological polar surface area (TPSA) is 12.0 Å². The zero-order valence-corrected chi connectivity index (χ0v) is 6.15. The lowest BCUT2D eigenvalue weighted by atomic mass is 9.99. The van der Waals surface area contributed by atoms with Gasteiger partial charge in [-0.2, -0.15) is 0 Å². The lowest BCUT2D eigenvalue weighted by Gasteiger charge is -2.25. The van der Waals surface area contributed by atoms with Crippen molar-refractivity contribution in [3.05, 3.63) is 0 Å². The maximum Gasteiger partial charge on any atom is 0.103 e. The van der Waals surface area contributed by atoms with Gasteiger partial charge in [0.15, 0.2) is 0 Å². The van der Waals surface area contributed by atoms with Gasteiger partial charge in [-0.15, -0.1) is 0 Å². The van der Waals surface area contributed by atoms with Crippen LogP contribution in [0.2, 0.25) is 0 Å². The van der Waals surface area contributed by atoms with Crippen molar-refractivity contribution in [1.29, 1.82) is 0 Å². The molecule has 2 fully saturated rings. The van der Waals surface area contributed by atoms with E-state index in [1.54, 1.807) is 0 Å². The van der Waals surface area contributed by atoms with Crippen LogP contribution in [-0.2, 0) is 0 Å². The van der Waals surface area contributed by atoms with Crippen LogP contribution in [0.5, 0.6) is 0 Å². The summed E-state index contributed by atoms with van der Waals surface area (Å²) >= 11 is 0. The number of piperidine rings is 1. The molecule has 0 aromatic carbocycles. The van der Waals surface area contributed by atoms with Crippen molar-refractivity contribution in [1.82, 2.24) is 5.32 Å². The van der Waals surface area contributed by atoms with Gasteiger partial charge in [0, 0.05) is 6.04 Å². The van der Waals surface area contributed by atoms with Gasteiger partial charge in [0.2, 0.25) is 0 Å². The highest BCUT2D eigenvalue weighted by Gasteiger charge is 2.34. The third-order valence-electron chi connectivity index (χ3n) is 2.56. The van der Waals surface area contributed by atoms with E-state index in [0.717, 1.165) is 25.3 Å². The number of alkyl halides is 1. The maximum atomic E-state index is 12.8. The summed E-state index contributed by atoms with van der Waals surface area (Å²) in [5.41, 5.74) is 0. The number of rotatable bonds is 1. The maximum absolute atomic E-state index is 12.8. The van der Waals surface area contributed by atoms with Crippen LogP contribution in [-0.4, -0.2) is 18.8 Å². The van der Waals surface area contributed by atoms with Crippen LogP contribution >= 0.6 is 0 Å². The number of halogens is 1. The fourth-order valence-electron chi connectivity index (χ4n) is 1.76. The molecular formula is C8H14FN. The molecule has 0 bridgehead atoms.